The third kappa shape index (κ3) is 5.31. The van der Waals surface area contributed by atoms with E-state index in [0.717, 1.165) is 5.69 Å². The van der Waals surface area contributed by atoms with Crippen LogP contribution >= 0.6 is 11.6 Å². The second-order valence-corrected chi connectivity index (χ2v) is 4.86. The first-order chi connectivity index (χ1) is 9.61. The number of benzene rings is 1. The van der Waals surface area contributed by atoms with E-state index in [-0.39, 0.29) is 0 Å². The molecule has 0 radical (unpaired) electrons. The Balaban J connectivity index is 2.58. The zero-order valence-electron chi connectivity index (χ0n) is 11.3. The summed E-state index contributed by atoms with van der Waals surface area (Å²) in [6.07, 6.45) is -7.38. The highest BCUT2D eigenvalue weighted by atomic mass is 35.5. The predicted molar refractivity (Wildman–Crippen MR) is 74.9 cm³/mol. The van der Waals surface area contributed by atoms with Crippen molar-refractivity contribution in [3.8, 4) is 0 Å². The summed E-state index contributed by atoms with van der Waals surface area (Å²) >= 11 is 5.99. The van der Waals surface area contributed by atoms with Crippen LogP contribution in [-0.4, -0.2) is 44.1 Å². The van der Waals surface area contributed by atoms with Gasteiger partial charge in [-0.15, -0.1) is 0 Å². The number of amides is 2. The highest BCUT2D eigenvalue weighted by molar-refractivity contribution is 6.33. The zero-order valence-corrected chi connectivity index (χ0v) is 12.1. The summed E-state index contributed by atoms with van der Waals surface area (Å²) in [6.45, 7) is -0.932. The maximum absolute atomic E-state index is 12.1. The highest BCUT2D eigenvalue weighted by Crippen LogP contribution is 2.27. The number of aliphatic hydroxyl groups excluding tert-OH is 1. The van der Waals surface area contributed by atoms with Crippen molar-refractivity contribution in [2.75, 3.05) is 30.9 Å². The largest absolute Gasteiger partial charge is 0.416 e. The van der Waals surface area contributed by atoms with Gasteiger partial charge >= 0.3 is 12.2 Å². The van der Waals surface area contributed by atoms with Crippen LogP contribution < -0.4 is 15.5 Å². The van der Waals surface area contributed by atoms with Gasteiger partial charge in [-0.3, -0.25) is 0 Å². The number of aliphatic hydroxyl groups is 1. The minimum absolute atomic E-state index is 0.324. The molecule has 0 saturated carbocycles. The fourth-order valence-electron chi connectivity index (χ4n) is 1.43. The molecule has 9 heteroatoms. The Morgan fingerprint density at radius 3 is 2.52 bits per heavy atom. The van der Waals surface area contributed by atoms with Gasteiger partial charge in [0.2, 0.25) is 0 Å². The van der Waals surface area contributed by atoms with Crippen LogP contribution in [0.3, 0.4) is 0 Å². The molecule has 2 amide bonds. The first kappa shape index (κ1) is 17.4. The van der Waals surface area contributed by atoms with Gasteiger partial charge in [-0.05, 0) is 18.2 Å². The number of hydrogen-bond acceptors (Lipinski definition) is 3. The van der Waals surface area contributed by atoms with Gasteiger partial charge in [0.25, 0.3) is 0 Å². The topological polar surface area (TPSA) is 64.6 Å². The van der Waals surface area contributed by atoms with Gasteiger partial charge in [0.15, 0.2) is 6.10 Å². The van der Waals surface area contributed by atoms with E-state index in [1.807, 2.05) is 5.32 Å². The number of carbonyl (C=O) groups is 1. The van der Waals surface area contributed by atoms with Gasteiger partial charge in [-0.1, -0.05) is 11.6 Å². The van der Waals surface area contributed by atoms with Crippen molar-refractivity contribution >= 4 is 29.0 Å². The molecule has 0 saturated heterocycles. The summed E-state index contributed by atoms with van der Waals surface area (Å²) in [6, 6.07) is 3.81. The quantitative estimate of drug-likeness (QED) is 0.796. The van der Waals surface area contributed by atoms with Crippen molar-refractivity contribution in [1.82, 2.24) is 5.32 Å². The molecule has 1 rings (SSSR count). The van der Waals surface area contributed by atoms with Crippen LogP contribution in [0.25, 0.3) is 0 Å². The maximum atomic E-state index is 12.1. The summed E-state index contributed by atoms with van der Waals surface area (Å²) < 4.78 is 36.2. The van der Waals surface area contributed by atoms with Crippen molar-refractivity contribution < 1.29 is 23.1 Å². The molecule has 0 aliphatic heterocycles. The average Bonchev–Trinajstić information content (AvgIpc) is 2.34. The number of hydrogen-bond donors (Lipinski definition) is 3. The lowest BCUT2D eigenvalue weighted by atomic mass is 10.2. The number of halogens is 4. The Kier molecular flexibility index (Phi) is 5.68. The highest BCUT2D eigenvalue weighted by Gasteiger charge is 2.38. The Bertz CT molecular complexity index is 509. The Morgan fingerprint density at radius 2 is 2.05 bits per heavy atom. The number of nitrogens with zero attached hydrogens (tertiary/aromatic N) is 1. The molecule has 0 bridgehead atoms. The molecule has 1 atom stereocenters. The van der Waals surface area contributed by atoms with Crippen LogP contribution in [0.1, 0.15) is 0 Å². The summed E-state index contributed by atoms with van der Waals surface area (Å²) in [5, 5.41) is 13.4. The molecular weight excluding hydrogens is 311 g/mol. The molecule has 21 heavy (non-hydrogen) atoms. The van der Waals surface area contributed by atoms with E-state index in [2.05, 4.69) is 5.32 Å². The molecule has 1 aromatic rings. The normalized spacial score (nSPS) is 12.7. The molecule has 0 aromatic heterocycles. The first-order valence-corrected chi connectivity index (χ1v) is 6.25. The molecule has 3 N–H and O–H groups in total. The fourth-order valence-corrected chi connectivity index (χ4v) is 1.78. The van der Waals surface area contributed by atoms with Gasteiger partial charge in [0.1, 0.15) is 0 Å². The van der Waals surface area contributed by atoms with E-state index in [1.54, 1.807) is 31.1 Å². The third-order valence-electron chi connectivity index (χ3n) is 2.52. The molecule has 0 aliphatic rings. The number of urea groups is 1. The van der Waals surface area contributed by atoms with Gasteiger partial charge in [-0.25, -0.2) is 4.79 Å². The number of nitrogens with one attached hydrogen (secondary N) is 2. The molecule has 0 fully saturated rings. The van der Waals surface area contributed by atoms with Crippen LogP contribution in [0, 0.1) is 0 Å². The number of rotatable bonds is 4. The SMILES string of the molecule is CN(C)c1ccc(NC(=O)NCC(O)C(F)(F)F)cc1Cl. The number of anilines is 2. The fraction of sp³-hybridized carbons (Fsp3) is 0.417. The van der Waals surface area contributed by atoms with E-state index in [1.165, 1.54) is 6.07 Å². The monoisotopic (exact) mass is 325 g/mol. The van der Waals surface area contributed by atoms with E-state index >= 15 is 0 Å². The number of alkyl halides is 3. The van der Waals surface area contributed by atoms with Crippen molar-refractivity contribution in [3.05, 3.63) is 23.2 Å². The molecule has 0 aliphatic carbocycles. The second kappa shape index (κ2) is 6.86. The summed E-state index contributed by atoms with van der Waals surface area (Å²) in [4.78, 5) is 13.2. The average molecular weight is 326 g/mol. The van der Waals surface area contributed by atoms with Crippen LogP contribution in [0.5, 0.6) is 0 Å². The van der Waals surface area contributed by atoms with Crippen LogP contribution in [-0.2, 0) is 0 Å². The van der Waals surface area contributed by atoms with Crippen LogP contribution in [0.4, 0.5) is 29.3 Å². The van der Waals surface area contributed by atoms with Crippen LogP contribution in [0.2, 0.25) is 5.02 Å². The third-order valence-corrected chi connectivity index (χ3v) is 2.82. The van der Waals surface area contributed by atoms with Gasteiger partial charge < -0.3 is 20.6 Å². The van der Waals surface area contributed by atoms with Gasteiger partial charge in [0.05, 0.1) is 17.3 Å². The van der Waals surface area contributed by atoms with Crippen molar-refractivity contribution in [3.63, 3.8) is 0 Å². The lowest BCUT2D eigenvalue weighted by Crippen LogP contribution is -2.42. The van der Waals surface area contributed by atoms with Gasteiger partial charge in [0, 0.05) is 19.8 Å². The van der Waals surface area contributed by atoms with Gasteiger partial charge in [-0.2, -0.15) is 13.2 Å². The van der Waals surface area contributed by atoms with Crippen molar-refractivity contribution in [2.45, 2.75) is 12.3 Å². The molecule has 0 heterocycles. The Morgan fingerprint density at radius 1 is 1.43 bits per heavy atom. The minimum atomic E-state index is -4.77. The molecule has 5 nitrogen and oxygen atoms in total. The van der Waals surface area contributed by atoms with Crippen LogP contribution in [0.15, 0.2) is 18.2 Å². The van der Waals surface area contributed by atoms with E-state index in [0.29, 0.717) is 10.7 Å². The van der Waals surface area contributed by atoms with E-state index < -0.39 is 24.9 Å². The van der Waals surface area contributed by atoms with Crippen molar-refractivity contribution in [2.24, 2.45) is 0 Å². The smallest absolute Gasteiger partial charge is 0.382 e. The molecule has 1 aromatic carbocycles. The summed E-state index contributed by atoms with van der Waals surface area (Å²) in [7, 11) is 3.58. The van der Waals surface area contributed by atoms with Crippen molar-refractivity contribution in [1.29, 1.82) is 0 Å². The predicted octanol–water partition coefficient (Wildman–Crippen LogP) is 2.45. The second-order valence-electron chi connectivity index (χ2n) is 4.45. The minimum Gasteiger partial charge on any atom is -0.382 e. The summed E-state index contributed by atoms with van der Waals surface area (Å²) in [5.74, 6) is 0. The Labute approximate surface area is 124 Å². The lowest BCUT2D eigenvalue weighted by Gasteiger charge is -2.17. The number of carbonyl (C=O) groups excluding carboxylic acids is 1. The lowest BCUT2D eigenvalue weighted by molar-refractivity contribution is -0.201. The molecule has 0 spiro atoms. The molecule has 118 valence electrons. The van der Waals surface area contributed by atoms with E-state index in [9.17, 15) is 18.0 Å². The summed E-state index contributed by atoms with van der Waals surface area (Å²) in [5.41, 5.74) is 1.06. The molecule has 1 unspecified atom stereocenters. The van der Waals surface area contributed by atoms with E-state index in [4.69, 9.17) is 16.7 Å². The Hall–Kier alpha value is -1.67. The first-order valence-electron chi connectivity index (χ1n) is 5.87. The maximum Gasteiger partial charge on any atom is 0.416 e. The molecular formula is C12H15ClF3N3O2. The standard InChI is InChI=1S/C12H15ClF3N3O2/c1-19(2)9-4-3-7(5-8(9)13)18-11(21)17-6-10(20)12(14,15)16/h3-5,10,20H,6H2,1-2H3,(H2,17,18,21). The zero-order chi connectivity index (χ0) is 16.2.